The standard InChI is InChI=1S/C30H26ClNO6/c1-17(2)16-37-22-10-8-21(9-11-22)32-27(18-5-4-6-23(14-18)36-3)26(29(34)30(32)35)28(33)25-15-19-13-20(31)7-12-24(19)38-25/h4-15,17,27,34H,16H2,1-3H3. The first-order chi connectivity index (χ1) is 18.3. The maximum absolute atomic E-state index is 13.8. The lowest BCUT2D eigenvalue weighted by atomic mass is 9.94. The van der Waals surface area contributed by atoms with E-state index in [1.165, 1.54) is 12.0 Å². The Morgan fingerprint density at radius 1 is 1.05 bits per heavy atom. The molecule has 8 heteroatoms. The van der Waals surface area contributed by atoms with Crippen molar-refractivity contribution in [2.75, 3.05) is 18.6 Å². The Bertz CT molecular complexity index is 1550. The van der Waals surface area contributed by atoms with Gasteiger partial charge in [0.05, 0.1) is 25.3 Å². The van der Waals surface area contributed by atoms with Crippen molar-refractivity contribution in [2.45, 2.75) is 19.9 Å². The van der Waals surface area contributed by atoms with E-state index in [0.717, 1.165) is 0 Å². The van der Waals surface area contributed by atoms with Crippen LogP contribution in [-0.4, -0.2) is 30.5 Å². The fourth-order valence-corrected chi connectivity index (χ4v) is 4.64. The Kier molecular flexibility index (Phi) is 6.87. The average molecular weight is 532 g/mol. The van der Waals surface area contributed by atoms with E-state index in [2.05, 4.69) is 13.8 Å². The number of fused-ring (bicyclic) bond motifs is 1. The number of aliphatic hydroxyl groups is 1. The summed E-state index contributed by atoms with van der Waals surface area (Å²) in [5.41, 5.74) is 1.46. The van der Waals surface area contributed by atoms with Gasteiger partial charge < -0.3 is 19.0 Å². The number of amides is 1. The molecule has 1 aliphatic heterocycles. The molecule has 1 atom stereocenters. The zero-order valence-electron chi connectivity index (χ0n) is 21.1. The highest BCUT2D eigenvalue weighted by molar-refractivity contribution is 6.31. The van der Waals surface area contributed by atoms with Crippen LogP contribution in [0.25, 0.3) is 11.0 Å². The summed E-state index contributed by atoms with van der Waals surface area (Å²) < 4.78 is 16.9. The fraction of sp³-hybridized carbons (Fsp3) is 0.200. The second kappa shape index (κ2) is 10.3. The predicted octanol–water partition coefficient (Wildman–Crippen LogP) is 6.91. The molecule has 0 spiro atoms. The van der Waals surface area contributed by atoms with Gasteiger partial charge in [-0.2, -0.15) is 0 Å². The third kappa shape index (κ3) is 4.73. The minimum Gasteiger partial charge on any atom is -0.503 e. The third-order valence-electron chi connectivity index (χ3n) is 6.26. The van der Waals surface area contributed by atoms with E-state index in [0.29, 0.717) is 51.3 Å². The molecule has 0 aliphatic carbocycles. The summed E-state index contributed by atoms with van der Waals surface area (Å²) in [4.78, 5) is 28.7. The summed E-state index contributed by atoms with van der Waals surface area (Å²) in [5.74, 6) is -0.390. The van der Waals surface area contributed by atoms with Gasteiger partial charge in [0.2, 0.25) is 5.78 Å². The quantitative estimate of drug-likeness (QED) is 0.248. The minimum atomic E-state index is -0.927. The molecule has 1 unspecified atom stereocenters. The Labute approximate surface area is 224 Å². The number of ketones is 1. The molecule has 0 saturated carbocycles. The van der Waals surface area contributed by atoms with E-state index < -0.39 is 23.5 Å². The van der Waals surface area contributed by atoms with Gasteiger partial charge in [-0.1, -0.05) is 37.6 Å². The van der Waals surface area contributed by atoms with Crippen LogP contribution in [-0.2, 0) is 4.79 Å². The van der Waals surface area contributed by atoms with Crippen LogP contribution in [0.1, 0.15) is 36.0 Å². The molecule has 3 aromatic carbocycles. The number of hydrogen-bond acceptors (Lipinski definition) is 6. The molecule has 1 aliphatic rings. The maximum Gasteiger partial charge on any atom is 0.294 e. The van der Waals surface area contributed by atoms with Gasteiger partial charge in [0.15, 0.2) is 11.5 Å². The first-order valence-corrected chi connectivity index (χ1v) is 12.5. The van der Waals surface area contributed by atoms with E-state index in [1.54, 1.807) is 72.8 Å². The Morgan fingerprint density at radius 3 is 2.53 bits per heavy atom. The van der Waals surface area contributed by atoms with Crippen molar-refractivity contribution >= 4 is 39.9 Å². The lowest BCUT2D eigenvalue weighted by Gasteiger charge is -2.27. The molecule has 194 valence electrons. The smallest absolute Gasteiger partial charge is 0.294 e. The van der Waals surface area contributed by atoms with E-state index in [-0.39, 0.29) is 11.3 Å². The molecule has 5 rings (SSSR count). The molecule has 7 nitrogen and oxygen atoms in total. The topological polar surface area (TPSA) is 89.2 Å². The van der Waals surface area contributed by atoms with Crippen LogP contribution in [0.2, 0.25) is 5.02 Å². The SMILES string of the molecule is COc1cccc(C2C(C(=O)c3cc4cc(Cl)ccc4o3)=C(O)C(=O)N2c2ccc(OCC(C)C)cc2)c1. The van der Waals surface area contributed by atoms with Gasteiger partial charge in [-0.15, -0.1) is 0 Å². The molecule has 0 saturated heterocycles. The van der Waals surface area contributed by atoms with E-state index in [4.69, 9.17) is 25.5 Å². The van der Waals surface area contributed by atoms with Crippen molar-refractivity contribution in [2.24, 2.45) is 5.92 Å². The van der Waals surface area contributed by atoms with Crippen LogP contribution in [0.4, 0.5) is 5.69 Å². The maximum atomic E-state index is 13.8. The van der Waals surface area contributed by atoms with Crippen LogP contribution < -0.4 is 14.4 Å². The highest BCUT2D eigenvalue weighted by Crippen LogP contribution is 2.43. The number of furan rings is 1. The number of ether oxygens (including phenoxy) is 2. The lowest BCUT2D eigenvalue weighted by molar-refractivity contribution is -0.117. The van der Waals surface area contributed by atoms with Crippen molar-refractivity contribution in [3.8, 4) is 11.5 Å². The highest BCUT2D eigenvalue weighted by Gasteiger charge is 2.45. The number of aliphatic hydroxyl groups excluding tert-OH is 1. The van der Waals surface area contributed by atoms with Gasteiger partial charge in [0.25, 0.3) is 5.91 Å². The molecular formula is C30H26ClNO6. The number of halogens is 1. The van der Waals surface area contributed by atoms with Crippen molar-refractivity contribution in [3.05, 3.63) is 100 Å². The summed E-state index contributed by atoms with van der Waals surface area (Å²) in [6, 6.07) is 19.6. The summed E-state index contributed by atoms with van der Waals surface area (Å²) in [7, 11) is 1.53. The van der Waals surface area contributed by atoms with E-state index in [9.17, 15) is 14.7 Å². The molecule has 0 radical (unpaired) electrons. The molecule has 2 heterocycles. The lowest BCUT2D eigenvalue weighted by Crippen LogP contribution is -2.31. The van der Waals surface area contributed by atoms with Gasteiger partial charge in [-0.25, -0.2) is 0 Å². The summed E-state index contributed by atoms with van der Waals surface area (Å²) in [5, 5.41) is 12.2. The number of carbonyl (C=O) groups excluding carboxylic acids is 2. The number of Topliss-reactive ketones (excluding diaryl/α,β-unsaturated/α-hetero) is 1. The van der Waals surface area contributed by atoms with Crippen LogP contribution in [0.3, 0.4) is 0 Å². The van der Waals surface area contributed by atoms with Crippen LogP contribution >= 0.6 is 11.6 Å². The summed E-state index contributed by atoms with van der Waals surface area (Å²) in [6.07, 6.45) is 0. The fourth-order valence-electron chi connectivity index (χ4n) is 4.46. The second-order valence-corrected chi connectivity index (χ2v) is 9.87. The Balaban J connectivity index is 1.58. The third-order valence-corrected chi connectivity index (χ3v) is 6.50. The average Bonchev–Trinajstić information content (AvgIpc) is 3.45. The minimum absolute atomic E-state index is 0.0104. The van der Waals surface area contributed by atoms with E-state index >= 15 is 0 Å². The monoisotopic (exact) mass is 531 g/mol. The summed E-state index contributed by atoms with van der Waals surface area (Å²) in [6.45, 7) is 4.66. The number of methoxy groups -OCH3 is 1. The van der Waals surface area contributed by atoms with Gasteiger partial charge in [-0.3, -0.25) is 14.5 Å². The normalized spacial score (nSPS) is 15.6. The molecule has 0 bridgehead atoms. The number of hydrogen-bond donors (Lipinski definition) is 1. The van der Waals surface area contributed by atoms with Crippen molar-refractivity contribution in [3.63, 3.8) is 0 Å². The molecular weight excluding hydrogens is 506 g/mol. The van der Waals surface area contributed by atoms with Gasteiger partial charge in [-0.05, 0) is 72.1 Å². The second-order valence-electron chi connectivity index (χ2n) is 9.44. The molecule has 1 amide bonds. The zero-order valence-corrected chi connectivity index (χ0v) is 21.9. The van der Waals surface area contributed by atoms with Gasteiger partial charge in [0, 0.05) is 16.1 Å². The zero-order chi connectivity index (χ0) is 27.0. The summed E-state index contributed by atoms with van der Waals surface area (Å²) >= 11 is 6.09. The van der Waals surface area contributed by atoms with Crippen molar-refractivity contribution in [1.29, 1.82) is 0 Å². The Hall–Kier alpha value is -4.23. The van der Waals surface area contributed by atoms with Crippen LogP contribution in [0.5, 0.6) is 11.5 Å². The van der Waals surface area contributed by atoms with Crippen LogP contribution in [0.15, 0.2) is 88.5 Å². The first kappa shape index (κ1) is 25.4. The number of nitrogens with zero attached hydrogens (tertiary/aromatic N) is 1. The molecule has 4 aromatic rings. The molecule has 1 N–H and O–H groups in total. The van der Waals surface area contributed by atoms with Gasteiger partial charge in [0.1, 0.15) is 17.1 Å². The number of rotatable bonds is 8. The first-order valence-electron chi connectivity index (χ1n) is 12.1. The molecule has 0 fully saturated rings. The van der Waals surface area contributed by atoms with Crippen molar-refractivity contribution in [1.82, 2.24) is 0 Å². The highest BCUT2D eigenvalue weighted by atomic mass is 35.5. The van der Waals surface area contributed by atoms with Gasteiger partial charge >= 0.3 is 0 Å². The van der Waals surface area contributed by atoms with Crippen LogP contribution in [0, 0.1) is 5.92 Å². The number of benzene rings is 3. The molecule has 1 aromatic heterocycles. The molecule has 38 heavy (non-hydrogen) atoms. The predicted molar refractivity (Wildman–Crippen MR) is 145 cm³/mol. The van der Waals surface area contributed by atoms with E-state index in [1.807, 2.05) is 0 Å². The largest absolute Gasteiger partial charge is 0.503 e. The number of carbonyl (C=O) groups is 2. The Morgan fingerprint density at radius 2 is 1.82 bits per heavy atom. The number of anilines is 1. The van der Waals surface area contributed by atoms with Crippen molar-refractivity contribution < 1.29 is 28.6 Å².